The molecule has 3 aromatic rings. The van der Waals surface area contributed by atoms with Gasteiger partial charge in [0.2, 0.25) is 5.91 Å². The predicted octanol–water partition coefficient (Wildman–Crippen LogP) is 4.85. The first-order valence-electron chi connectivity index (χ1n) is 8.21. The molecule has 0 saturated heterocycles. The van der Waals surface area contributed by atoms with Gasteiger partial charge in [-0.05, 0) is 19.1 Å². The van der Waals surface area contributed by atoms with Crippen molar-refractivity contribution in [3.05, 3.63) is 75.4 Å². The van der Waals surface area contributed by atoms with Gasteiger partial charge in [-0.15, -0.1) is 0 Å². The molecule has 130 valence electrons. The second kappa shape index (κ2) is 6.71. The zero-order chi connectivity index (χ0) is 18.3. The fourth-order valence-corrected chi connectivity index (χ4v) is 3.61. The number of aromatic nitrogens is 2. The van der Waals surface area contributed by atoms with Crippen molar-refractivity contribution in [2.45, 2.75) is 19.9 Å². The van der Waals surface area contributed by atoms with E-state index in [0.29, 0.717) is 21.7 Å². The summed E-state index contributed by atoms with van der Waals surface area (Å²) in [6.07, 6.45) is 0.290. The third-order valence-corrected chi connectivity index (χ3v) is 5.19. The highest BCUT2D eigenvalue weighted by molar-refractivity contribution is 6.36. The van der Waals surface area contributed by atoms with E-state index in [0.717, 1.165) is 22.4 Å². The van der Waals surface area contributed by atoms with Crippen LogP contribution in [0.15, 0.2) is 48.5 Å². The van der Waals surface area contributed by atoms with Crippen LogP contribution in [0.1, 0.15) is 16.8 Å². The summed E-state index contributed by atoms with van der Waals surface area (Å²) in [5.41, 5.74) is 3.30. The summed E-state index contributed by atoms with van der Waals surface area (Å²) < 4.78 is 0. The zero-order valence-corrected chi connectivity index (χ0v) is 15.6. The number of carbonyl (C=O) groups is 1. The van der Waals surface area contributed by atoms with Crippen molar-refractivity contribution in [2.24, 2.45) is 0 Å². The van der Waals surface area contributed by atoms with Gasteiger partial charge in [-0.25, -0.2) is 9.97 Å². The Bertz CT molecular complexity index is 985. The lowest BCUT2D eigenvalue weighted by Gasteiger charge is -2.19. The maximum Gasteiger partial charge on any atom is 0.233 e. The van der Waals surface area contributed by atoms with E-state index in [1.165, 1.54) is 0 Å². The Balaban J connectivity index is 1.79. The average molecular weight is 384 g/mol. The Hall–Kier alpha value is -2.43. The minimum Gasteiger partial charge on any atom is -0.292 e. The van der Waals surface area contributed by atoms with Crippen molar-refractivity contribution >= 4 is 34.9 Å². The van der Waals surface area contributed by atoms with Crippen molar-refractivity contribution in [1.82, 2.24) is 9.97 Å². The lowest BCUT2D eigenvalue weighted by atomic mass is 10.1. The van der Waals surface area contributed by atoms with Gasteiger partial charge in [0.1, 0.15) is 5.82 Å². The molecule has 0 N–H and O–H groups in total. The molecule has 4 nitrogen and oxygen atoms in total. The molecule has 26 heavy (non-hydrogen) atoms. The number of benzene rings is 2. The van der Waals surface area contributed by atoms with Crippen molar-refractivity contribution in [3.8, 4) is 11.4 Å². The molecule has 1 aromatic heterocycles. The predicted molar refractivity (Wildman–Crippen MR) is 104 cm³/mol. The second-order valence-corrected chi connectivity index (χ2v) is 6.97. The molecule has 0 radical (unpaired) electrons. The van der Waals surface area contributed by atoms with E-state index in [-0.39, 0.29) is 18.9 Å². The molecule has 0 unspecified atom stereocenters. The van der Waals surface area contributed by atoms with Crippen LogP contribution in [-0.2, 0) is 17.8 Å². The highest BCUT2D eigenvalue weighted by atomic mass is 35.5. The highest BCUT2D eigenvalue weighted by Crippen LogP contribution is 2.34. The number of carbonyl (C=O) groups excluding carboxylic acids is 1. The second-order valence-electron chi connectivity index (χ2n) is 6.16. The number of hydrogen-bond donors (Lipinski definition) is 0. The van der Waals surface area contributed by atoms with Crippen LogP contribution in [0.3, 0.4) is 0 Å². The third-order valence-electron chi connectivity index (χ3n) is 4.49. The number of halogens is 2. The Morgan fingerprint density at radius 2 is 1.69 bits per heavy atom. The summed E-state index contributed by atoms with van der Waals surface area (Å²) in [5, 5.41) is 1.07. The molecule has 6 heteroatoms. The number of amides is 1. The topological polar surface area (TPSA) is 46.1 Å². The Morgan fingerprint density at radius 3 is 2.38 bits per heavy atom. The van der Waals surface area contributed by atoms with Gasteiger partial charge < -0.3 is 0 Å². The van der Waals surface area contributed by atoms with Gasteiger partial charge in [-0.2, -0.15) is 0 Å². The number of fused-ring (bicyclic) bond motifs is 1. The fraction of sp³-hybridized carbons (Fsp3) is 0.150. The summed E-state index contributed by atoms with van der Waals surface area (Å²) in [6.45, 7) is 2.20. The van der Waals surface area contributed by atoms with E-state index in [9.17, 15) is 4.79 Å². The van der Waals surface area contributed by atoms with E-state index in [4.69, 9.17) is 23.2 Å². The average Bonchev–Trinajstić information content (AvgIpc) is 2.95. The highest BCUT2D eigenvalue weighted by Gasteiger charge is 2.32. The molecule has 0 aliphatic carbocycles. The number of anilines is 1. The van der Waals surface area contributed by atoms with Gasteiger partial charge in [0, 0.05) is 32.4 Å². The molecule has 1 aliphatic heterocycles. The summed E-state index contributed by atoms with van der Waals surface area (Å²) in [6, 6.07) is 15.0. The van der Waals surface area contributed by atoms with Crippen molar-refractivity contribution in [1.29, 1.82) is 0 Å². The standard InChI is InChI=1S/C20H15Cl2N3O/c1-12-14-10-18(26)25(11-15-16(21)8-5-9-17(15)22)20(14)24-19(23-12)13-6-3-2-4-7-13/h2-9H,10-11H2,1H3. The number of aryl methyl sites for hydroxylation is 1. The number of rotatable bonds is 3. The molecule has 0 spiro atoms. The first kappa shape index (κ1) is 17.0. The molecule has 1 aliphatic rings. The molecule has 0 atom stereocenters. The van der Waals surface area contributed by atoms with Crippen LogP contribution in [-0.4, -0.2) is 15.9 Å². The lowest BCUT2D eigenvalue weighted by molar-refractivity contribution is -0.117. The summed E-state index contributed by atoms with van der Waals surface area (Å²) in [7, 11) is 0. The Labute approximate surface area is 161 Å². The van der Waals surface area contributed by atoms with Gasteiger partial charge in [0.25, 0.3) is 0 Å². The van der Waals surface area contributed by atoms with Gasteiger partial charge in [0.15, 0.2) is 5.82 Å². The maximum atomic E-state index is 12.6. The summed E-state index contributed by atoms with van der Waals surface area (Å²) in [5.74, 6) is 1.21. The van der Waals surface area contributed by atoms with E-state index >= 15 is 0 Å². The minimum atomic E-state index is -0.0291. The molecule has 4 rings (SSSR count). The first-order valence-corrected chi connectivity index (χ1v) is 8.96. The molecule has 0 saturated carbocycles. The van der Waals surface area contributed by atoms with E-state index in [1.807, 2.05) is 37.3 Å². The lowest BCUT2D eigenvalue weighted by Crippen LogP contribution is -2.27. The van der Waals surface area contributed by atoms with E-state index in [2.05, 4.69) is 9.97 Å². The monoisotopic (exact) mass is 383 g/mol. The van der Waals surface area contributed by atoms with Crippen molar-refractivity contribution in [3.63, 3.8) is 0 Å². The van der Waals surface area contributed by atoms with Crippen LogP contribution in [0.4, 0.5) is 5.82 Å². The molecule has 0 fully saturated rings. The van der Waals surface area contributed by atoms with E-state index in [1.54, 1.807) is 23.1 Å². The molecule has 2 aromatic carbocycles. The minimum absolute atomic E-state index is 0.0291. The first-order chi connectivity index (χ1) is 12.5. The van der Waals surface area contributed by atoms with Gasteiger partial charge in [-0.1, -0.05) is 59.6 Å². The van der Waals surface area contributed by atoms with Crippen LogP contribution in [0.25, 0.3) is 11.4 Å². The third kappa shape index (κ3) is 2.96. The quantitative estimate of drug-likeness (QED) is 0.649. The van der Waals surface area contributed by atoms with Crippen LogP contribution >= 0.6 is 23.2 Å². The molecule has 0 bridgehead atoms. The molecular formula is C20H15Cl2N3O. The maximum absolute atomic E-state index is 12.6. The van der Waals surface area contributed by atoms with E-state index < -0.39 is 0 Å². The SMILES string of the molecule is Cc1nc(-c2ccccc2)nc2c1CC(=O)N2Cc1c(Cl)cccc1Cl. The number of nitrogens with zero attached hydrogens (tertiary/aromatic N) is 3. The largest absolute Gasteiger partial charge is 0.292 e. The van der Waals surface area contributed by atoms with Gasteiger partial charge in [0.05, 0.1) is 13.0 Å². The molecule has 2 heterocycles. The summed E-state index contributed by atoms with van der Waals surface area (Å²) >= 11 is 12.6. The zero-order valence-electron chi connectivity index (χ0n) is 14.0. The van der Waals surface area contributed by atoms with Gasteiger partial charge in [-0.3, -0.25) is 9.69 Å². The number of hydrogen-bond acceptors (Lipinski definition) is 3. The van der Waals surface area contributed by atoms with Crippen molar-refractivity contribution < 1.29 is 4.79 Å². The van der Waals surface area contributed by atoms with Crippen LogP contribution < -0.4 is 4.90 Å². The van der Waals surface area contributed by atoms with Crippen LogP contribution in [0.2, 0.25) is 10.0 Å². The fourth-order valence-electron chi connectivity index (χ4n) is 3.10. The summed E-state index contributed by atoms with van der Waals surface area (Å²) in [4.78, 5) is 23.5. The van der Waals surface area contributed by atoms with Gasteiger partial charge >= 0.3 is 0 Å². The molecular weight excluding hydrogens is 369 g/mol. The normalized spacial score (nSPS) is 13.2. The van der Waals surface area contributed by atoms with Crippen LogP contribution in [0, 0.1) is 6.92 Å². The molecule has 1 amide bonds. The van der Waals surface area contributed by atoms with Crippen molar-refractivity contribution in [2.75, 3.05) is 4.90 Å². The van der Waals surface area contributed by atoms with Crippen LogP contribution in [0.5, 0.6) is 0 Å². The Kier molecular flexibility index (Phi) is 4.39. The Morgan fingerprint density at radius 1 is 1.00 bits per heavy atom. The smallest absolute Gasteiger partial charge is 0.233 e.